The molecule has 0 aliphatic carbocycles. The number of benzene rings is 2. The van der Waals surface area contributed by atoms with Crippen LogP contribution in [-0.4, -0.2) is 26.7 Å². The highest BCUT2D eigenvalue weighted by molar-refractivity contribution is 5.92. The lowest BCUT2D eigenvalue weighted by molar-refractivity contribution is -0.118. The Morgan fingerprint density at radius 1 is 0.958 bits per heavy atom. The molecule has 0 atom stereocenters. The van der Waals surface area contributed by atoms with Gasteiger partial charge in [-0.25, -0.2) is 0 Å². The van der Waals surface area contributed by atoms with Crippen molar-refractivity contribution in [2.75, 3.05) is 26.1 Å². The second-order valence-corrected chi connectivity index (χ2v) is 5.59. The monoisotopic (exact) mass is 329 g/mol. The average Bonchev–Trinajstić information content (AvgIpc) is 2.57. The lowest BCUT2D eigenvalue weighted by Crippen LogP contribution is -2.20. The fraction of sp³-hybridized carbons (Fsp3) is 0.316. The Bertz CT molecular complexity index is 718. The van der Waals surface area contributed by atoms with E-state index in [9.17, 15) is 4.79 Å². The van der Waals surface area contributed by atoms with Crippen molar-refractivity contribution in [2.45, 2.75) is 20.8 Å². The van der Waals surface area contributed by atoms with Gasteiger partial charge in [0, 0.05) is 23.9 Å². The molecule has 0 saturated carbocycles. The van der Waals surface area contributed by atoms with Crippen LogP contribution in [0.15, 0.2) is 30.3 Å². The van der Waals surface area contributed by atoms with E-state index in [1.165, 1.54) is 0 Å². The Labute approximate surface area is 142 Å². The van der Waals surface area contributed by atoms with Gasteiger partial charge >= 0.3 is 0 Å². The van der Waals surface area contributed by atoms with Gasteiger partial charge in [-0.3, -0.25) is 4.79 Å². The molecule has 0 unspecified atom stereocenters. The van der Waals surface area contributed by atoms with Crippen LogP contribution in [0.2, 0.25) is 0 Å². The number of hydrogen-bond acceptors (Lipinski definition) is 4. The second kappa shape index (κ2) is 7.73. The van der Waals surface area contributed by atoms with Crippen LogP contribution >= 0.6 is 0 Å². The van der Waals surface area contributed by atoms with Crippen molar-refractivity contribution in [3.05, 3.63) is 47.0 Å². The normalized spacial score (nSPS) is 10.2. The maximum atomic E-state index is 12.2. The minimum absolute atomic E-state index is 0.0648. The molecule has 2 aromatic carbocycles. The van der Waals surface area contributed by atoms with E-state index in [1.807, 2.05) is 32.9 Å². The SMILES string of the molecule is COc1cc(NC(=O)COc2c(C)ccc(C)c2C)cc(OC)c1. The van der Waals surface area contributed by atoms with Gasteiger partial charge in [-0.05, 0) is 37.5 Å². The highest BCUT2D eigenvalue weighted by atomic mass is 16.5. The average molecular weight is 329 g/mol. The van der Waals surface area contributed by atoms with Gasteiger partial charge in [-0.1, -0.05) is 12.1 Å². The summed E-state index contributed by atoms with van der Waals surface area (Å²) in [7, 11) is 3.12. The zero-order valence-electron chi connectivity index (χ0n) is 14.7. The standard InChI is InChI=1S/C19H23NO4/c1-12-6-7-13(2)19(14(12)3)24-11-18(21)20-15-8-16(22-4)10-17(9-15)23-5/h6-10H,11H2,1-5H3,(H,20,21). The van der Waals surface area contributed by atoms with Crippen molar-refractivity contribution in [2.24, 2.45) is 0 Å². The van der Waals surface area contributed by atoms with Gasteiger partial charge in [0.15, 0.2) is 6.61 Å². The van der Waals surface area contributed by atoms with E-state index in [2.05, 4.69) is 5.32 Å². The van der Waals surface area contributed by atoms with Crippen molar-refractivity contribution in [1.82, 2.24) is 0 Å². The largest absolute Gasteiger partial charge is 0.497 e. The number of nitrogens with one attached hydrogen (secondary N) is 1. The predicted molar refractivity (Wildman–Crippen MR) is 94.3 cm³/mol. The number of hydrogen-bond donors (Lipinski definition) is 1. The summed E-state index contributed by atoms with van der Waals surface area (Å²) in [6.45, 7) is 5.91. The second-order valence-electron chi connectivity index (χ2n) is 5.59. The van der Waals surface area contributed by atoms with E-state index in [0.717, 1.165) is 22.4 Å². The van der Waals surface area contributed by atoms with Gasteiger partial charge in [-0.2, -0.15) is 0 Å². The van der Waals surface area contributed by atoms with E-state index in [-0.39, 0.29) is 12.5 Å². The smallest absolute Gasteiger partial charge is 0.262 e. The molecule has 2 aromatic rings. The van der Waals surface area contributed by atoms with Crippen LogP contribution < -0.4 is 19.5 Å². The van der Waals surface area contributed by atoms with Crippen LogP contribution in [-0.2, 0) is 4.79 Å². The molecule has 1 amide bonds. The molecule has 128 valence electrons. The fourth-order valence-corrected chi connectivity index (χ4v) is 2.36. The summed E-state index contributed by atoms with van der Waals surface area (Å²) in [4.78, 5) is 12.2. The maximum Gasteiger partial charge on any atom is 0.262 e. The molecule has 0 fully saturated rings. The van der Waals surface area contributed by atoms with Crippen LogP contribution in [0.4, 0.5) is 5.69 Å². The molecule has 5 nitrogen and oxygen atoms in total. The van der Waals surface area contributed by atoms with Crippen LogP contribution in [0, 0.1) is 20.8 Å². The zero-order valence-corrected chi connectivity index (χ0v) is 14.7. The van der Waals surface area contributed by atoms with Crippen LogP contribution in [0.1, 0.15) is 16.7 Å². The Kier molecular flexibility index (Phi) is 5.68. The van der Waals surface area contributed by atoms with Crippen LogP contribution in [0.25, 0.3) is 0 Å². The molecule has 2 rings (SSSR count). The highest BCUT2D eigenvalue weighted by Gasteiger charge is 2.10. The summed E-state index contributed by atoms with van der Waals surface area (Å²) in [5, 5.41) is 2.79. The number of rotatable bonds is 6. The third-order valence-electron chi connectivity index (χ3n) is 3.86. The summed E-state index contributed by atoms with van der Waals surface area (Å²) in [5.74, 6) is 1.73. The molecule has 5 heteroatoms. The van der Waals surface area contributed by atoms with E-state index in [4.69, 9.17) is 14.2 Å². The van der Waals surface area contributed by atoms with Crippen molar-refractivity contribution >= 4 is 11.6 Å². The molecular formula is C19H23NO4. The van der Waals surface area contributed by atoms with Gasteiger partial charge in [0.25, 0.3) is 5.91 Å². The summed E-state index contributed by atoms with van der Waals surface area (Å²) in [6, 6.07) is 9.22. The number of methoxy groups -OCH3 is 2. The number of carbonyl (C=O) groups is 1. The molecule has 24 heavy (non-hydrogen) atoms. The molecule has 0 aliphatic rings. The molecule has 0 radical (unpaired) electrons. The summed E-state index contributed by atoms with van der Waals surface area (Å²) in [6.07, 6.45) is 0. The Hall–Kier alpha value is -2.69. The van der Waals surface area contributed by atoms with E-state index in [0.29, 0.717) is 17.2 Å². The predicted octanol–water partition coefficient (Wildman–Crippen LogP) is 3.65. The first kappa shape index (κ1) is 17.7. The molecule has 0 spiro atoms. The van der Waals surface area contributed by atoms with Crippen LogP contribution in [0.5, 0.6) is 17.2 Å². The van der Waals surface area contributed by atoms with E-state index < -0.39 is 0 Å². The number of aryl methyl sites for hydroxylation is 2. The number of carbonyl (C=O) groups excluding carboxylic acids is 1. The molecule has 0 bridgehead atoms. The minimum Gasteiger partial charge on any atom is -0.497 e. The third kappa shape index (κ3) is 4.19. The lowest BCUT2D eigenvalue weighted by Gasteiger charge is -2.14. The quantitative estimate of drug-likeness (QED) is 0.879. The lowest BCUT2D eigenvalue weighted by atomic mass is 10.1. The maximum absolute atomic E-state index is 12.2. The molecule has 0 aromatic heterocycles. The van der Waals surface area contributed by atoms with Crippen molar-refractivity contribution in [1.29, 1.82) is 0 Å². The van der Waals surface area contributed by atoms with Gasteiger partial charge in [0.1, 0.15) is 17.2 Å². The molecule has 0 heterocycles. The number of amides is 1. The topological polar surface area (TPSA) is 56.8 Å². The van der Waals surface area contributed by atoms with Crippen molar-refractivity contribution in [3.8, 4) is 17.2 Å². The van der Waals surface area contributed by atoms with E-state index in [1.54, 1.807) is 32.4 Å². The Morgan fingerprint density at radius 2 is 1.54 bits per heavy atom. The van der Waals surface area contributed by atoms with Crippen LogP contribution in [0.3, 0.4) is 0 Å². The molecule has 0 aliphatic heterocycles. The first-order chi connectivity index (χ1) is 11.4. The fourth-order valence-electron chi connectivity index (χ4n) is 2.36. The van der Waals surface area contributed by atoms with Crippen molar-refractivity contribution < 1.29 is 19.0 Å². The van der Waals surface area contributed by atoms with Crippen molar-refractivity contribution in [3.63, 3.8) is 0 Å². The number of ether oxygens (including phenoxy) is 3. The Balaban J connectivity index is 2.06. The first-order valence-electron chi connectivity index (χ1n) is 7.67. The third-order valence-corrected chi connectivity index (χ3v) is 3.86. The van der Waals surface area contributed by atoms with Gasteiger partial charge in [0.05, 0.1) is 14.2 Å². The first-order valence-corrected chi connectivity index (χ1v) is 7.67. The molecule has 1 N–H and O–H groups in total. The zero-order chi connectivity index (χ0) is 17.7. The Morgan fingerprint density at radius 3 is 2.12 bits per heavy atom. The van der Waals surface area contributed by atoms with Gasteiger partial charge < -0.3 is 19.5 Å². The van der Waals surface area contributed by atoms with Gasteiger partial charge in [0.2, 0.25) is 0 Å². The molecule has 0 saturated heterocycles. The highest BCUT2D eigenvalue weighted by Crippen LogP contribution is 2.27. The van der Waals surface area contributed by atoms with Gasteiger partial charge in [-0.15, -0.1) is 0 Å². The minimum atomic E-state index is -0.245. The van der Waals surface area contributed by atoms with E-state index >= 15 is 0 Å². The summed E-state index contributed by atoms with van der Waals surface area (Å²) in [5.41, 5.74) is 3.78. The number of anilines is 1. The molecular weight excluding hydrogens is 306 g/mol. The summed E-state index contributed by atoms with van der Waals surface area (Å²) < 4.78 is 16.1. The summed E-state index contributed by atoms with van der Waals surface area (Å²) >= 11 is 0.